The van der Waals surface area contributed by atoms with Crippen molar-refractivity contribution in [3.63, 3.8) is 0 Å². The minimum absolute atomic E-state index is 0.443. The molecule has 1 aromatic heterocycles. The SMILES string of the molecule is CCNC(=NCc1ccon1)Nc1cccc(OCCCOC)c1. The van der Waals surface area contributed by atoms with E-state index in [4.69, 9.17) is 14.0 Å². The summed E-state index contributed by atoms with van der Waals surface area (Å²) in [6.07, 6.45) is 2.39. The molecule has 0 spiro atoms. The standard InChI is InChI=1S/C17H24N4O3/c1-3-18-17(19-13-15-8-11-24-21-15)20-14-6-4-7-16(12-14)23-10-5-9-22-2/h4,6-8,11-12H,3,5,9-10,13H2,1-2H3,(H2,18,19,20). The molecule has 0 aliphatic carbocycles. The van der Waals surface area contributed by atoms with Crippen LogP contribution in [-0.2, 0) is 11.3 Å². The molecule has 0 fully saturated rings. The highest BCUT2D eigenvalue weighted by Crippen LogP contribution is 2.17. The van der Waals surface area contributed by atoms with Crippen molar-refractivity contribution in [3.8, 4) is 5.75 Å². The Balaban J connectivity index is 1.94. The number of nitrogens with one attached hydrogen (secondary N) is 2. The molecule has 0 bridgehead atoms. The Hall–Kier alpha value is -2.54. The molecule has 0 amide bonds. The van der Waals surface area contributed by atoms with Gasteiger partial charge in [-0.2, -0.15) is 0 Å². The average molecular weight is 332 g/mol. The van der Waals surface area contributed by atoms with Gasteiger partial charge in [-0.25, -0.2) is 4.99 Å². The Kier molecular flexibility index (Phi) is 7.62. The summed E-state index contributed by atoms with van der Waals surface area (Å²) in [5, 5.41) is 10.3. The van der Waals surface area contributed by atoms with E-state index in [9.17, 15) is 0 Å². The first-order valence-electron chi connectivity index (χ1n) is 7.98. The van der Waals surface area contributed by atoms with E-state index in [1.54, 1.807) is 13.2 Å². The van der Waals surface area contributed by atoms with Gasteiger partial charge in [-0.1, -0.05) is 11.2 Å². The van der Waals surface area contributed by atoms with Gasteiger partial charge >= 0.3 is 0 Å². The number of benzene rings is 1. The van der Waals surface area contributed by atoms with E-state index in [1.807, 2.05) is 31.2 Å². The van der Waals surface area contributed by atoms with Gasteiger partial charge in [0.15, 0.2) is 5.96 Å². The Morgan fingerprint density at radius 2 is 2.21 bits per heavy atom. The Morgan fingerprint density at radius 1 is 1.29 bits per heavy atom. The molecule has 24 heavy (non-hydrogen) atoms. The topological polar surface area (TPSA) is 80.9 Å². The first-order valence-corrected chi connectivity index (χ1v) is 7.98. The van der Waals surface area contributed by atoms with Crippen LogP contribution >= 0.6 is 0 Å². The first kappa shape index (κ1) is 17.8. The highest BCUT2D eigenvalue weighted by Gasteiger charge is 2.02. The first-order chi connectivity index (χ1) is 11.8. The Morgan fingerprint density at radius 3 is 2.96 bits per heavy atom. The van der Waals surface area contributed by atoms with Gasteiger partial charge in [0, 0.05) is 44.5 Å². The maximum Gasteiger partial charge on any atom is 0.196 e. The summed E-state index contributed by atoms with van der Waals surface area (Å²) in [5.74, 6) is 1.49. The number of nitrogens with zero attached hydrogens (tertiary/aromatic N) is 2. The minimum Gasteiger partial charge on any atom is -0.493 e. The van der Waals surface area contributed by atoms with Crippen molar-refractivity contribution in [3.05, 3.63) is 42.3 Å². The molecule has 2 aromatic rings. The lowest BCUT2D eigenvalue weighted by molar-refractivity contribution is 0.172. The average Bonchev–Trinajstić information content (AvgIpc) is 3.11. The van der Waals surface area contributed by atoms with Gasteiger partial charge in [-0.15, -0.1) is 0 Å². The fourth-order valence-electron chi connectivity index (χ4n) is 1.98. The van der Waals surface area contributed by atoms with E-state index in [2.05, 4.69) is 20.8 Å². The van der Waals surface area contributed by atoms with Crippen LogP contribution in [0, 0.1) is 0 Å². The maximum atomic E-state index is 5.71. The van der Waals surface area contributed by atoms with Crippen LogP contribution in [0.4, 0.5) is 5.69 Å². The summed E-state index contributed by atoms with van der Waals surface area (Å²) in [4.78, 5) is 4.48. The molecule has 0 unspecified atom stereocenters. The summed E-state index contributed by atoms with van der Waals surface area (Å²) in [5.41, 5.74) is 1.68. The lowest BCUT2D eigenvalue weighted by Crippen LogP contribution is -2.30. The predicted octanol–water partition coefficient (Wildman–Crippen LogP) is 2.67. The summed E-state index contributed by atoms with van der Waals surface area (Å²) in [6, 6.07) is 9.56. The smallest absolute Gasteiger partial charge is 0.196 e. The van der Waals surface area contributed by atoms with Gasteiger partial charge < -0.3 is 24.6 Å². The van der Waals surface area contributed by atoms with Crippen LogP contribution in [-0.4, -0.2) is 38.0 Å². The summed E-state index contributed by atoms with van der Waals surface area (Å²) in [7, 11) is 1.69. The maximum absolute atomic E-state index is 5.71. The van der Waals surface area contributed by atoms with Gasteiger partial charge in [0.25, 0.3) is 0 Å². The number of anilines is 1. The van der Waals surface area contributed by atoms with Crippen molar-refractivity contribution in [1.82, 2.24) is 10.5 Å². The fraction of sp³-hybridized carbons (Fsp3) is 0.412. The van der Waals surface area contributed by atoms with E-state index in [1.165, 1.54) is 6.26 Å². The van der Waals surface area contributed by atoms with Gasteiger partial charge in [-0.3, -0.25) is 0 Å². The fourth-order valence-corrected chi connectivity index (χ4v) is 1.98. The highest BCUT2D eigenvalue weighted by molar-refractivity contribution is 5.93. The summed E-state index contributed by atoms with van der Waals surface area (Å²) < 4.78 is 15.5. The molecule has 1 aromatic carbocycles. The second-order valence-electron chi connectivity index (χ2n) is 5.03. The van der Waals surface area contributed by atoms with Crippen LogP contribution in [0.2, 0.25) is 0 Å². The molecule has 1 heterocycles. The predicted molar refractivity (Wildman–Crippen MR) is 93.4 cm³/mol. The van der Waals surface area contributed by atoms with Crippen LogP contribution in [0.25, 0.3) is 0 Å². The second-order valence-corrected chi connectivity index (χ2v) is 5.03. The number of rotatable bonds is 9. The molecule has 130 valence electrons. The number of methoxy groups -OCH3 is 1. The van der Waals surface area contributed by atoms with Crippen molar-refractivity contribution < 1.29 is 14.0 Å². The van der Waals surface area contributed by atoms with Crippen LogP contribution < -0.4 is 15.4 Å². The van der Waals surface area contributed by atoms with Gasteiger partial charge in [-0.05, 0) is 19.1 Å². The zero-order valence-corrected chi connectivity index (χ0v) is 14.1. The normalized spacial score (nSPS) is 11.3. The monoisotopic (exact) mass is 332 g/mol. The Labute approximate surface area is 142 Å². The third kappa shape index (κ3) is 6.29. The minimum atomic E-state index is 0.443. The highest BCUT2D eigenvalue weighted by atomic mass is 16.5. The number of ether oxygens (including phenoxy) is 2. The van der Waals surface area contributed by atoms with Crippen LogP contribution in [0.1, 0.15) is 19.0 Å². The molecule has 0 aliphatic heterocycles. The number of aliphatic imine (C=N–C) groups is 1. The van der Waals surface area contributed by atoms with Crippen LogP contribution in [0.3, 0.4) is 0 Å². The zero-order valence-electron chi connectivity index (χ0n) is 14.1. The van der Waals surface area contributed by atoms with Gasteiger partial charge in [0.1, 0.15) is 17.7 Å². The molecule has 0 radical (unpaired) electrons. The number of aromatic nitrogens is 1. The number of guanidine groups is 1. The van der Waals surface area contributed by atoms with Crippen molar-refractivity contribution in [2.75, 3.05) is 32.2 Å². The van der Waals surface area contributed by atoms with E-state index in [0.29, 0.717) is 25.7 Å². The molecule has 7 heteroatoms. The molecule has 0 aliphatic rings. The van der Waals surface area contributed by atoms with Crippen molar-refractivity contribution in [2.24, 2.45) is 4.99 Å². The van der Waals surface area contributed by atoms with Crippen molar-refractivity contribution in [1.29, 1.82) is 0 Å². The van der Waals surface area contributed by atoms with Gasteiger partial charge in [0.05, 0.1) is 13.2 Å². The summed E-state index contributed by atoms with van der Waals surface area (Å²) >= 11 is 0. The third-order valence-corrected chi connectivity index (χ3v) is 3.09. The molecular weight excluding hydrogens is 308 g/mol. The zero-order chi connectivity index (χ0) is 17.0. The van der Waals surface area contributed by atoms with Gasteiger partial charge in [0.2, 0.25) is 0 Å². The quantitative estimate of drug-likeness (QED) is 0.417. The van der Waals surface area contributed by atoms with Crippen LogP contribution in [0.5, 0.6) is 5.75 Å². The molecule has 2 rings (SSSR count). The molecule has 0 saturated heterocycles. The van der Waals surface area contributed by atoms with Crippen molar-refractivity contribution >= 4 is 11.6 Å². The summed E-state index contributed by atoms with van der Waals surface area (Å²) in [6.45, 7) is 4.54. The van der Waals surface area contributed by atoms with Crippen LogP contribution in [0.15, 0.2) is 46.1 Å². The Bertz CT molecular complexity index is 614. The lowest BCUT2D eigenvalue weighted by atomic mass is 10.3. The number of hydrogen-bond acceptors (Lipinski definition) is 5. The van der Waals surface area contributed by atoms with E-state index in [0.717, 1.165) is 30.1 Å². The second kappa shape index (κ2) is 10.3. The van der Waals surface area contributed by atoms with E-state index < -0.39 is 0 Å². The van der Waals surface area contributed by atoms with E-state index >= 15 is 0 Å². The molecule has 0 atom stereocenters. The number of hydrogen-bond donors (Lipinski definition) is 2. The van der Waals surface area contributed by atoms with Crippen molar-refractivity contribution in [2.45, 2.75) is 19.9 Å². The molecule has 2 N–H and O–H groups in total. The molecule has 0 saturated carbocycles. The largest absolute Gasteiger partial charge is 0.493 e. The van der Waals surface area contributed by atoms with E-state index in [-0.39, 0.29) is 0 Å². The molecular formula is C17H24N4O3. The molecule has 7 nitrogen and oxygen atoms in total. The lowest BCUT2D eigenvalue weighted by Gasteiger charge is -2.12. The third-order valence-electron chi connectivity index (χ3n) is 3.09.